The molecule has 1 aliphatic heterocycles. The molecule has 0 bridgehead atoms. The average Bonchev–Trinajstić information content (AvgIpc) is 3.43. The lowest BCUT2D eigenvalue weighted by atomic mass is 10.1. The molecule has 0 aromatic carbocycles. The maximum Gasteiger partial charge on any atom is 0.265 e. The molecule has 3 rings (SSSR count). The molecule has 0 saturated heterocycles. The smallest absolute Gasteiger partial charge is 0.265 e. The van der Waals surface area contributed by atoms with Gasteiger partial charge in [0.25, 0.3) is 5.91 Å². The molecule has 2 aromatic heterocycles. The maximum atomic E-state index is 13.2. The molecule has 1 unspecified atom stereocenters. The van der Waals surface area contributed by atoms with Crippen LogP contribution in [-0.4, -0.2) is 43.0 Å². The Hall–Kier alpha value is -3.00. The minimum atomic E-state index is -2.69. The van der Waals surface area contributed by atoms with Gasteiger partial charge in [0.15, 0.2) is 0 Å². The first-order chi connectivity index (χ1) is 14.8. The number of rotatable bonds is 8. The molecule has 8 heteroatoms. The lowest BCUT2D eigenvalue weighted by molar-refractivity contribution is -0.115. The fraction of sp³-hybridized carbons (Fsp3) is 0.348. The van der Waals surface area contributed by atoms with Crippen molar-refractivity contribution >= 4 is 27.0 Å². The number of hydrogen-bond acceptors (Lipinski definition) is 5. The highest BCUT2D eigenvalue weighted by molar-refractivity contribution is 8.00. The first-order valence-electron chi connectivity index (χ1n) is 10.3. The molecule has 1 amide bonds. The highest BCUT2D eigenvalue weighted by Gasteiger charge is 2.19. The number of pyridine rings is 1. The van der Waals surface area contributed by atoms with Crippen molar-refractivity contribution in [1.29, 1.82) is 0 Å². The summed E-state index contributed by atoms with van der Waals surface area (Å²) in [5.41, 5.74) is 2.34. The molecule has 1 atom stereocenters. The number of aromatic nitrogens is 3. The van der Waals surface area contributed by atoms with Crippen LogP contribution in [0.4, 0.5) is 0 Å². The SMILES string of the molecule is C=S(=O)(c1ccc(CNC(=O)C2=NC/C(=C\C=CCC)C2)nc1)c1cnn(C(C)C)c1. The molecule has 0 radical (unpaired) electrons. The van der Waals surface area contributed by atoms with E-state index in [1.807, 2.05) is 26.0 Å². The molecule has 164 valence electrons. The van der Waals surface area contributed by atoms with E-state index >= 15 is 0 Å². The van der Waals surface area contributed by atoms with Crippen LogP contribution in [0.1, 0.15) is 45.3 Å². The lowest BCUT2D eigenvalue weighted by Crippen LogP contribution is -2.29. The van der Waals surface area contributed by atoms with Crippen LogP contribution in [0.5, 0.6) is 0 Å². The maximum absolute atomic E-state index is 13.2. The average molecular weight is 440 g/mol. The van der Waals surface area contributed by atoms with Crippen molar-refractivity contribution in [3.8, 4) is 0 Å². The van der Waals surface area contributed by atoms with Gasteiger partial charge in [-0.2, -0.15) is 5.10 Å². The summed E-state index contributed by atoms with van der Waals surface area (Å²) in [4.78, 5) is 22.2. The summed E-state index contributed by atoms with van der Waals surface area (Å²) < 4.78 is 15.0. The number of aliphatic imine (C=N–C) groups is 1. The summed E-state index contributed by atoms with van der Waals surface area (Å²) in [6.45, 7) is 6.93. The van der Waals surface area contributed by atoms with E-state index in [0.717, 1.165) is 12.0 Å². The normalized spacial score (nSPS) is 17.3. The van der Waals surface area contributed by atoms with Gasteiger partial charge in [0.05, 0.1) is 34.8 Å². The topological polar surface area (TPSA) is 89.2 Å². The van der Waals surface area contributed by atoms with Crippen molar-refractivity contribution in [2.24, 2.45) is 4.99 Å². The van der Waals surface area contributed by atoms with Crippen LogP contribution < -0.4 is 5.32 Å². The summed E-state index contributed by atoms with van der Waals surface area (Å²) >= 11 is 0. The van der Waals surface area contributed by atoms with Crippen molar-refractivity contribution in [2.45, 2.75) is 56.0 Å². The molecule has 2 aromatic rings. The largest absolute Gasteiger partial charge is 0.345 e. The van der Waals surface area contributed by atoms with Gasteiger partial charge >= 0.3 is 0 Å². The Morgan fingerprint density at radius 3 is 2.77 bits per heavy atom. The second-order valence-electron chi connectivity index (χ2n) is 7.69. The van der Waals surface area contributed by atoms with Crippen LogP contribution in [0, 0.1) is 0 Å². The lowest BCUT2D eigenvalue weighted by Gasteiger charge is -2.09. The fourth-order valence-corrected chi connectivity index (χ4v) is 4.30. The van der Waals surface area contributed by atoms with Crippen molar-refractivity contribution in [1.82, 2.24) is 20.1 Å². The van der Waals surface area contributed by atoms with Crippen molar-refractivity contribution in [3.05, 3.63) is 60.2 Å². The molecule has 7 nitrogen and oxygen atoms in total. The molecule has 0 aliphatic carbocycles. The van der Waals surface area contributed by atoms with Gasteiger partial charge in [0.1, 0.15) is 5.71 Å². The third kappa shape index (κ3) is 5.58. The Kier molecular flexibility index (Phi) is 7.22. The standard InChI is InChI=1S/C23H29N5O2S/c1-5-6-7-8-18-11-22(25-12-18)23(29)26-13-19-9-10-20(14-24-19)31(4,30)21-15-27-28(16-21)17(2)3/h6-10,14-17H,4-5,11-13H2,1-3H3,(H,26,29)/b7-6?,18-8-. The third-order valence-electron chi connectivity index (χ3n) is 4.93. The predicted octanol–water partition coefficient (Wildman–Crippen LogP) is 3.35. The van der Waals surface area contributed by atoms with Crippen LogP contribution in [0.3, 0.4) is 0 Å². The Balaban J connectivity index is 1.59. The molecule has 0 spiro atoms. The molecule has 3 heterocycles. The summed E-state index contributed by atoms with van der Waals surface area (Å²) in [5, 5.41) is 7.10. The second kappa shape index (κ2) is 9.87. The second-order valence-corrected chi connectivity index (χ2v) is 9.99. The minimum Gasteiger partial charge on any atom is -0.345 e. The van der Waals surface area contributed by atoms with E-state index in [0.29, 0.717) is 34.2 Å². The van der Waals surface area contributed by atoms with Crippen LogP contribution in [-0.2, 0) is 20.9 Å². The number of amides is 1. The van der Waals surface area contributed by atoms with Gasteiger partial charge in [-0.05, 0) is 43.8 Å². The molecule has 0 fully saturated rings. The molecule has 0 saturated carbocycles. The number of nitrogens with zero attached hydrogens (tertiary/aromatic N) is 4. The number of nitrogens with one attached hydrogen (secondary N) is 1. The van der Waals surface area contributed by atoms with Gasteiger partial charge in [-0.3, -0.25) is 23.7 Å². The van der Waals surface area contributed by atoms with E-state index < -0.39 is 9.52 Å². The quantitative estimate of drug-likeness (QED) is 0.639. The number of allylic oxidation sites excluding steroid dienone is 3. The van der Waals surface area contributed by atoms with E-state index in [9.17, 15) is 9.00 Å². The Labute approximate surface area is 184 Å². The van der Waals surface area contributed by atoms with E-state index in [4.69, 9.17) is 0 Å². The van der Waals surface area contributed by atoms with Gasteiger partial charge in [0, 0.05) is 34.4 Å². The molecular weight excluding hydrogens is 410 g/mol. The van der Waals surface area contributed by atoms with Gasteiger partial charge < -0.3 is 5.32 Å². The fourth-order valence-electron chi connectivity index (χ4n) is 3.02. The first-order valence-corrected chi connectivity index (χ1v) is 12.1. The van der Waals surface area contributed by atoms with E-state index in [-0.39, 0.29) is 18.5 Å². The number of hydrogen-bond donors (Lipinski definition) is 1. The Morgan fingerprint density at radius 2 is 2.13 bits per heavy atom. The van der Waals surface area contributed by atoms with Crippen molar-refractivity contribution < 1.29 is 9.00 Å². The summed E-state index contributed by atoms with van der Waals surface area (Å²) in [5.74, 6) is 3.73. The zero-order chi connectivity index (χ0) is 22.4. The molecule has 1 aliphatic rings. The van der Waals surface area contributed by atoms with Gasteiger partial charge in [-0.15, -0.1) is 0 Å². The van der Waals surface area contributed by atoms with E-state index in [1.54, 1.807) is 35.4 Å². The first kappa shape index (κ1) is 22.7. The zero-order valence-electron chi connectivity index (χ0n) is 18.2. The van der Waals surface area contributed by atoms with Crippen LogP contribution >= 0.6 is 0 Å². The van der Waals surface area contributed by atoms with E-state index in [1.165, 1.54) is 0 Å². The van der Waals surface area contributed by atoms with Crippen molar-refractivity contribution in [2.75, 3.05) is 6.54 Å². The summed E-state index contributed by atoms with van der Waals surface area (Å²) in [6.07, 6.45) is 12.6. The van der Waals surface area contributed by atoms with Gasteiger partial charge in [-0.1, -0.05) is 25.2 Å². The summed E-state index contributed by atoms with van der Waals surface area (Å²) in [7, 11) is -2.69. The Bertz CT molecular complexity index is 1120. The number of carbonyl (C=O) groups excluding carboxylic acids is 1. The predicted molar refractivity (Wildman–Crippen MR) is 125 cm³/mol. The third-order valence-corrected chi connectivity index (χ3v) is 6.90. The van der Waals surface area contributed by atoms with Crippen molar-refractivity contribution in [3.63, 3.8) is 0 Å². The van der Waals surface area contributed by atoms with Gasteiger partial charge in [0.2, 0.25) is 0 Å². The Morgan fingerprint density at radius 1 is 1.32 bits per heavy atom. The van der Waals surface area contributed by atoms with E-state index in [2.05, 4.69) is 39.3 Å². The molecular formula is C23H29N5O2S. The van der Waals surface area contributed by atoms with Crippen LogP contribution in [0.2, 0.25) is 0 Å². The minimum absolute atomic E-state index is 0.178. The zero-order valence-corrected chi connectivity index (χ0v) is 19.1. The number of carbonyl (C=O) groups is 1. The van der Waals surface area contributed by atoms with Crippen LogP contribution in [0.15, 0.2) is 69.3 Å². The summed E-state index contributed by atoms with van der Waals surface area (Å²) in [6, 6.07) is 3.67. The molecule has 1 N–H and O–H groups in total. The highest BCUT2D eigenvalue weighted by atomic mass is 32.2. The van der Waals surface area contributed by atoms with Gasteiger partial charge in [-0.25, -0.2) is 0 Å². The van der Waals surface area contributed by atoms with Crippen LogP contribution in [0.25, 0.3) is 0 Å². The monoisotopic (exact) mass is 439 g/mol. The highest BCUT2D eigenvalue weighted by Crippen LogP contribution is 2.21. The molecule has 31 heavy (non-hydrogen) atoms.